The van der Waals surface area contributed by atoms with E-state index in [0.717, 1.165) is 48.0 Å². The fourth-order valence-electron chi connectivity index (χ4n) is 4.08. The second-order valence-electron chi connectivity index (χ2n) is 9.19. The average Bonchev–Trinajstić information content (AvgIpc) is 3.18. The molecule has 192 valence electrons. The predicted molar refractivity (Wildman–Crippen MR) is 140 cm³/mol. The number of fused-ring (bicyclic) bond motifs is 1. The van der Waals surface area contributed by atoms with E-state index >= 15 is 0 Å². The Kier molecular flexibility index (Phi) is 9.86. The molecule has 0 bridgehead atoms. The summed E-state index contributed by atoms with van der Waals surface area (Å²) in [6.45, 7) is 5.46. The number of aromatic nitrogens is 1. The van der Waals surface area contributed by atoms with Gasteiger partial charge in [0.2, 0.25) is 5.91 Å². The van der Waals surface area contributed by atoms with Crippen molar-refractivity contribution >= 4 is 17.0 Å². The number of nitrogens with zero attached hydrogens (tertiary/aromatic N) is 2. The van der Waals surface area contributed by atoms with E-state index in [4.69, 9.17) is 9.15 Å². The monoisotopic (exact) mass is 492 g/mol. The first-order valence-electron chi connectivity index (χ1n) is 12.5. The van der Waals surface area contributed by atoms with Crippen LogP contribution in [0.25, 0.3) is 22.2 Å². The van der Waals surface area contributed by atoms with E-state index in [1.165, 1.54) is 4.57 Å². The lowest BCUT2D eigenvalue weighted by atomic mass is 9.99. The molecule has 3 rings (SSSR count). The summed E-state index contributed by atoms with van der Waals surface area (Å²) >= 11 is 0. The summed E-state index contributed by atoms with van der Waals surface area (Å²) in [5, 5.41) is 15.7. The van der Waals surface area contributed by atoms with Gasteiger partial charge in [0.1, 0.15) is 12.1 Å². The topological polar surface area (TPSA) is 109 Å². The number of nitriles is 1. The summed E-state index contributed by atoms with van der Waals surface area (Å²) in [4.78, 5) is 24.7. The smallest absolute Gasteiger partial charge is 0.408 e. The van der Waals surface area contributed by atoms with Crippen LogP contribution in [0.2, 0.25) is 0 Å². The van der Waals surface area contributed by atoms with Gasteiger partial charge in [-0.15, -0.1) is 0 Å². The molecule has 0 radical (unpaired) electrons. The molecule has 0 aliphatic heterocycles. The van der Waals surface area contributed by atoms with E-state index in [-0.39, 0.29) is 11.8 Å². The van der Waals surface area contributed by atoms with Crippen LogP contribution in [-0.2, 0) is 23.0 Å². The van der Waals surface area contributed by atoms with Gasteiger partial charge in [-0.2, -0.15) is 5.26 Å². The Morgan fingerprint density at radius 1 is 1.17 bits per heavy atom. The Morgan fingerprint density at radius 3 is 2.56 bits per heavy atom. The third-order valence-electron chi connectivity index (χ3n) is 6.53. The van der Waals surface area contributed by atoms with E-state index in [0.29, 0.717) is 18.6 Å². The van der Waals surface area contributed by atoms with Crippen molar-refractivity contribution in [2.45, 2.75) is 51.7 Å². The van der Waals surface area contributed by atoms with Crippen LogP contribution < -0.4 is 16.4 Å². The van der Waals surface area contributed by atoms with Crippen LogP contribution >= 0.6 is 0 Å². The molecule has 0 aliphatic carbocycles. The summed E-state index contributed by atoms with van der Waals surface area (Å²) < 4.78 is 12.6. The molecular formula is C28H36N4O4. The first-order valence-corrected chi connectivity index (χ1v) is 12.5. The first-order chi connectivity index (χ1) is 17.4. The second-order valence-corrected chi connectivity index (χ2v) is 9.19. The molecule has 1 unspecified atom stereocenters. The molecular weight excluding hydrogens is 456 g/mol. The van der Waals surface area contributed by atoms with Crippen molar-refractivity contribution in [1.82, 2.24) is 15.2 Å². The maximum Gasteiger partial charge on any atom is 0.419 e. The number of hydrogen-bond donors (Lipinski definition) is 2. The maximum atomic E-state index is 13.0. The second kappa shape index (κ2) is 13.1. The molecule has 0 spiro atoms. The number of rotatable bonds is 13. The number of benzene rings is 2. The molecule has 0 aliphatic rings. The quantitative estimate of drug-likeness (QED) is 0.352. The van der Waals surface area contributed by atoms with E-state index in [2.05, 4.69) is 16.7 Å². The average molecular weight is 493 g/mol. The minimum Gasteiger partial charge on any atom is -0.408 e. The van der Waals surface area contributed by atoms with Gasteiger partial charge in [0.05, 0.1) is 11.6 Å². The third-order valence-corrected chi connectivity index (χ3v) is 6.53. The number of aryl methyl sites for hydroxylation is 1. The predicted octanol–water partition coefficient (Wildman–Crippen LogP) is 3.78. The van der Waals surface area contributed by atoms with Crippen LogP contribution in [0.4, 0.5) is 0 Å². The standard InChI is InChI=1S/C28H36N4O4/c1-5-19(2)26(35-15-7-6-14-30-3)27(33)31-23(18-29)16-20-8-10-21(11-9-20)22-12-13-25-24(17-22)32(4)28(34)36-25/h8-13,17,19,23,26,30H,5-7,14-16H2,1-4H3,(H,31,33)/t19?,23-,26-/m0/s1. The van der Waals surface area contributed by atoms with Crippen molar-refractivity contribution in [2.24, 2.45) is 13.0 Å². The van der Waals surface area contributed by atoms with Crippen molar-refractivity contribution in [1.29, 1.82) is 5.26 Å². The zero-order chi connectivity index (χ0) is 26.1. The van der Waals surface area contributed by atoms with Crippen LogP contribution in [0, 0.1) is 17.2 Å². The summed E-state index contributed by atoms with van der Waals surface area (Å²) in [5.74, 6) is -0.572. The van der Waals surface area contributed by atoms with E-state index < -0.39 is 17.9 Å². The summed E-state index contributed by atoms with van der Waals surface area (Å²) in [7, 11) is 3.59. The highest BCUT2D eigenvalue weighted by Crippen LogP contribution is 2.24. The van der Waals surface area contributed by atoms with Gasteiger partial charge in [-0.05, 0) is 61.2 Å². The highest BCUT2D eigenvalue weighted by molar-refractivity contribution is 5.82. The number of oxazole rings is 1. The van der Waals surface area contributed by atoms with E-state index in [1.807, 2.05) is 57.3 Å². The molecule has 2 aromatic carbocycles. The van der Waals surface area contributed by atoms with Gasteiger partial charge in [-0.1, -0.05) is 50.6 Å². The molecule has 0 saturated heterocycles. The molecule has 2 N–H and O–H groups in total. The van der Waals surface area contributed by atoms with Gasteiger partial charge in [0.25, 0.3) is 0 Å². The molecule has 1 aromatic heterocycles. The van der Waals surface area contributed by atoms with Crippen molar-refractivity contribution in [2.75, 3.05) is 20.2 Å². The van der Waals surface area contributed by atoms with Crippen LogP contribution in [0.15, 0.2) is 51.7 Å². The third kappa shape index (κ3) is 6.84. The number of hydrogen-bond acceptors (Lipinski definition) is 6. The van der Waals surface area contributed by atoms with Crippen LogP contribution in [0.3, 0.4) is 0 Å². The first kappa shape index (κ1) is 27.2. The molecule has 8 nitrogen and oxygen atoms in total. The SMILES string of the molecule is CCC(C)[C@H](OCCCCNC)C(=O)N[C@H](C#N)Cc1ccc(-c2ccc3oc(=O)n(C)c3c2)cc1. The number of ether oxygens (including phenoxy) is 1. The number of carbonyl (C=O) groups is 1. The van der Waals surface area contributed by atoms with Gasteiger partial charge in [-0.25, -0.2) is 4.79 Å². The van der Waals surface area contributed by atoms with Crippen LogP contribution in [0.5, 0.6) is 0 Å². The van der Waals surface area contributed by atoms with E-state index in [9.17, 15) is 14.9 Å². The Bertz CT molecular complexity index is 1240. The Balaban J connectivity index is 1.63. The normalized spacial score (nSPS) is 13.8. The lowest BCUT2D eigenvalue weighted by Crippen LogP contribution is -2.45. The Labute approximate surface area is 212 Å². The number of unbranched alkanes of at least 4 members (excludes halogenated alkanes) is 1. The van der Waals surface area contributed by atoms with Gasteiger partial charge in [-0.3, -0.25) is 9.36 Å². The largest absolute Gasteiger partial charge is 0.419 e. The van der Waals surface area contributed by atoms with Crippen molar-refractivity contribution < 1.29 is 13.9 Å². The summed E-state index contributed by atoms with van der Waals surface area (Å²) in [6.07, 6.45) is 2.49. The highest BCUT2D eigenvalue weighted by atomic mass is 16.5. The molecule has 0 fully saturated rings. The van der Waals surface area contributed by atoms with Crippen molar-refractivity contribution in [3.63, 3.8) is 0 Å². The number of nitrogens with one attached hydrogen (secondary N) is 2. The van der Waals surface area contributed by atoms with E-state index in [1.54, 1.807) is 13.1 Å². The molecule has 1 amide bonds. The Morgan fingerprint density at radius 2 is 1.89 bits per heavy atom. The molecule has 3 atom stereocenters. The van der Waals surface area contributed by atoms with Crippen molar-refractivity contribution in [3.05, 3.63) is 58.6 Å². The number of carbonyl (C=O) groups excluding carboxylic acids is 1. The minimum absolute atomic E-state index is 0.0555. The lowest BCUT2D eigenvalue weighted by Gasteiger charge is -2.24. The maximum absolute atomic E-state index is 13.0. The van der Waals surface area contributed by atoms with Crippen LogP contribution in [-0.4, -0.2) is 42.8 Å². The van der Waals surface area contributed by atoms with Gasteiger partial charge < -0.3 is 19.8 Å². The van der Waals surface area contributed by atoms with Gasteiger partial charge >= 0.3 is 5.76 Å². The van der Waals surface area contributed by atoms with Gasteiger partial charge in [0, 0.05) is 20.1 Å². The fourth-order valence-corrected chi connectivity index (χ4v) is 4.08. The minimum atomic E-state index is -0.653. The van der Waals surface area contributed by atoms with Gasteiger partial charge in [0.15, 0.2) is 5.58 Å². The molecule has 3 aromatic rings. The highest BCUT2D eigenvalue weighted by Gasteiger charge is 2.26. The summed E-state index contributed by atoms with van der Waals surface area (Å²) in [6, 6.07) is 15.0. The molecule has 8 heteroatoms. The van der Waals surface area contributed by atoms with Crippen LogP contribution in [0.1, 0.15) is 38.7 Å². The molecule has 36 heavy (non-hydrogen) atoms. The fraction of sp³-hybridized carbons (Fsp3) is 0.464. The molecule has 1 heterocycles. The Hall–Kier alpha value is -3.41. The summed E-state index contributed by atoms with van der Waals surface area (Å²) in [5.41, 5.74) is 4.16. The zero-order valence-electron chi connectivity index (χ0n) is 21.5. The lowest BCUT2D eigenvalue weighted by molar-refractivity contribution is -0.136. The molecule has 0 saturated carbocycles. The number of amides is 1. The van der Waals surface area contributed by atoms with Crippen molar-refractivity contribution in [3.8, 4) is 17.2 Å². The zero-order valence-corrected chi connectivity index (χ0v) is 21.5.